The Labute approximate surface area is 55.2 Å². The molecule has 0 radical (unpaired) electrons. The summed E-state index contributed by atoms with van der Waals surface area (Å²) in [4.78, 5) is 0. The molecule has 0 aromatic carbocycles. The minimum atomic E-state index is 0.508. The van der Waals surface area contributed by atoms with E-state index in [9.17, 15) is 0 Å². The van der Waals surface area contributed by atoms with Crippen LogP contribution in [0.15, 0.2) is 16.9 Å². The highest BCUT2D eigenvalue weighted by Gasteiger charge is 2.02. The second-order valence-corrected chi connectivity index (χ2v) is 1.63. The Kier molecular flexibility index (Phi) is 0.970. The van der Waals surface area contributed by atoms with Crippen molar-refractivity contribution in [3.63, 3.8) is 0 Å². The van der Waals surface area contributed by atoms with Crippen molar-refractivity contribution in [3.8, 4) is 11.5 Å². The quantitative estimate of drug-likeness (QED) is 0.591. The summed E-state index contributed by atoms with van der Waals surface area (Å²) in [7, 11) is 0. The normalized spacial score (nSPS) is 10.0. The molecule has 0 saturated carbocycles. The molecule has 0 aliphatic rings. The van der Waals surface area contributed by atoms with Gasteiger partial charge in [-0.3, -0.25) is 0 Å². The summed E-state index contributed by atoms with van der Waals surface area (Å²) in [5.74, 6) is 0.508. The van der Waals surface area contributed by atoms with E-state index in [4.69, 9.17) is 0 Å². The van der Waals surface area contributed by atoms with Crippen LogP contribution in [0, 0.1) is 0 Å². The number of rotatable bonds is 1. The predicted octanol–water partition coefficient (Wildman–Crippen LogP) is -0.145. The second kappa shape index (κ2) is 1.90. The zero-order valence-corrected chi connectivity index (χ0v) is 4.85. The Morgan fingerprint density at radius 1 is 1.50 bits per heavy atom. The molecule has 0 amide bonds. The first-order chi connectivity index (χ1) is 4.97. The third-order valence-electron chi connectivity index (χ3n) is 1.03. The summed E-state index contributed by atoms with van der Waals surface area (Å²) < 4.78 is 4.57. The predicted molar refractivity (Wildman–Crippen MR) is 29.7 cm³/mol. The van der Waals surface area contributed by atoms with E-state index < -0.39 is 0 Å². The molecule has 0 aliphatic carbocycles. The van der Waals surface area contributed by atoms with Gasteiger partial charge in [-0.25, -0.2) is 5.10 Å². The first-order valence-electron chi connectivity index (χ1n) is 2.61. The fourth-order valence-corrected chi connectivity index (χ4v) is 0.602. The number of hydrogen-bond donors (Lipinski definition) is 1. The van der Waals surface area contributed by atoms with Crippen LogP contribution in [-0.4, -0.2) is 25.8 Å². The van der Waals surface area contributed by atoms with Crippen molar-refractivity contribution in [1.82, 2.24) is 25.8 Å². The number of nitrogens with zero attached hydrogens (tertiary/aromatic N) is 4. The molecule has 0 atom stereocenters. The summed E-state index contributed by atoms with van der Waals surface area (Å²) in [5, 5.41) is 16.5. The Hall–Kier alpha value is -1.72. The lowest BCUT2D eigenvalue weighted by molar-refractivity contribution is 0.422. The van der Waals surface area contributed by atoms with E-state index in [1.807, 2.05) is 0 Å². The van der Waals surface area contributed by atoms with Crippen LogP contribution in [-0.2, 0) is 0 Å². The molecule has 6 nitrogen and oxygen atoms in total. The van der Waals surface area contributed by atoms with Crippen LogP contribution < -0.4 is 0 Å². The molecule has 2 rings (SSSR count). The van der Waals surface area contributed by atoms with Crippen LogP contribution >= 0.6 is 0 Å². The van der Waals surface area contributed by atoms with E-state index in [0.717, 1.165) is 0 Å². The zero-order valence-electron chi connectivity index (χ0n) is 4.85. The van der Waals surface area contributed by atoms with Gasteiger partial charge >= 0.3 is 0 Å². The molecule has 0 spiro atoms. The molecule has 50 valence electrons. The minimum absolute atomic E-state index is 0.508. The average Bonchev–Trinajstić information content (AvgIpc) is 2.59. The van der Waals surface area contributed by atoms with Gasteiger partial charge in [0.25, 0.3) is 0 Å². The van der Waals surface area contributed by atoms with E-state index in [-0.39, 0.29) is 0 Å². The summed E-state index contributed by atoms with van der Waals surface area (Å²) in [6.45, 7) is 0. The van der Waals surface area contributed by atoms with Gasteiger partial charge in [0.05, 0.1) is 0 Å². The van der Waals surface area contributed by atoms with Gasteiger partial charge in [-0.05, 0) is 10.4 Å². The van der Waals surface area contributed by atoms with Crippen LogP contribution in [0.5, 0.6) is 0 Å². The van der Waals surface area contributed by atoms with Gasteiger partial charge in [0.2, 0.25) is 5.82 Å². The van der Waals surface area contributed by atoms with E-state index in [1.54, 1.807) is 6.07 Å². The van der Waals surface area contributed by atoms with Crippen LogP contribution in [0.4, 0.5) is 0 Å². The van der Waals surface area contributed by atoms with Crippen LogP contribution in [0.25, 0.3) is 11.5 Å². The lowest BCUT2D eigenvalue weighted by atomic mass is 10.4. The molecular weight excluding hydrogens is 134 g/mol. The molecular formula is C4H3N5O. The van der Waals surface area contributed by atoms with Gasteiger partial charge in [0.15, 0.2) is 5.69 Å². The maximum absolute atomic E-state index is 4.57. The lowest BCUT2D eigenvalue weighted by Gasteiger charge is -1.78. The van der Waals surface area contributed by atoms with Crippen molar-refractivity contribution in [3.05, 3.63) is 12.3 Å². The van der Waals surface area contributed by atoms with Crippen molar-refractivity contribution in [2.45, 2.75) is 0 Å². The van der Waals surface area contributed by atoms with Crippen LogP contribution in [0.1, 0.15) is 0 Å². The van der Waals surface area contributed by atoms with Gasteiger partial charge < -0.3 is 4.52 Å². The van der Waals surface area contributed by atoms with Gasteiger partial charge in [0.1, 0.15) is 6.26 Å². The number of H-pyrrole nitrogens is 1. The molecule has 0 aliphatic heterocycles. The third-order valence-corrected chi connectivity index (χ3v) is 1.03. The van der Waals surface area contributed by atoms with Gasteiger partial charge in [-0.15, -0.1) is 5.10 Å². The highest BCUT2D eigenvalue weighted by molar-refractivity contribution is 5.44. The van der Waals surface area contributed by atoms with Gasteiger partial charge in [-0.1, -0.05) is 5.16 Å². The Morgan fingerprint density at radius 3 is 3.10 bits per heavy atom. The summed E-state index contributed by atoms with van der Waals surface area (Å²) >= 11 is 0. The molecule has 2 heterocycles. The molecule has 0 saturated heterocycles. The maximum atomic E-state index is 4.57. The van der Waals surface area contributed by atoms with Crippen molar-refractivity contribution >= 4 is 0 Å². The van der Waals surface area contributed by atoms with Crippen molar-refractivity contribution < 1.29 is 4.52 Å². The number of nitrogens with one attached hydrogen (secondary N) is 1. The zero-order chi connectivity index (χ0) is 6.81. The Balaban J connectivity index is 2.48. The molecule has 0 unspecified atom stereocenters. The van der Waals surface area contributed by atoms with Crippen molar-refractivity contribution in [2.75, 3.05) is 0 Å². The standard InChI is InChI=1S/C4H3N5O/c1-2-10-7-3(1)4-5-8-9-6-4/h1-2H,(H,5,6,8,9). The smallest absolute Gasteiger partial charge is 0.201 e. The highest BCUT2D eigenvalue weighted by Crippen LogP contribution is 2.07. The summed E-state index contributed by atoms with van der Waals surface area (Å²) in [5.41, 5.74) is 0.602. The maximum Gasteiger partial charge on any atom is 0.201 e. The summed E-state index contributed by atoms with van der Waals surface area (Å²) in [6, 6.07) is 1.67. The fraction of sp³-hybridized carbons (Fsp3) is 0. The lowest BCUT2D eigenvalue weighted by Crippen LogP contribution is -1.78. The molecule has 2 aromatic heterocycles. The second-order valence-electron chi connectivity index (χ2n) is 1.63. The molecule has 0 fully saturated rings. The summed E-state index contributed by atoms with van der Waals surface area (Å²) in [6.07, 6.45) is 1.46. The Morgan fingerprint density at radius 2 is 2.50 bits per heavy atom. The van der Waals surface area contributed by atoms with Gasteiger partial charge in [0, 0.05) is 6.07 Å². The molecule has 10 heavy (non-hydrogen) atoms. The van der Waals surface area contributed by atoms with Crippen LogP contribution in [0.2, 0.25) is 0 Å². The number of tetrazole rings is 1. The van der Waals surface area contributed by atoms with E-state index in [1.165, 1.54) is 6.26 Å². The molecule has 1 N–H and O–H groups in total. The van der Waals surface area contributed by atoms with E-state index in [2.05, 4.69) is 30.3 Å². The molecule has 0 bridgehead atoms. The van der Waals surface area contributed by atoms with Crippen LogP contribution in [0.3, 0.4) is 0 Å². The van der Waals surface area contributed by atoms with Gasteiger partial charge in [-0.2, -0.15) is 0 Å². The number of aromatic amines is 1. The largest absolute Gasteiger partial charge is 0.364 e. The molecule has 6 heteroatoms. The van der Waals surface area contributed by atoms with E-state index in [0.29, 0.717) is 11.5 Å². The average molecular weight is 137 g/mol. The van der Waals surface area contributed by atoms with E-state index >= 15 is 0 Å². The fourth-order valence-electron chi connectivity index (χ4n) is 0.602. The molecule has 2 aromatic rings. The first-order valence-corrected chi connectivity index (χ1v) is 2.61. The van der Waals surface area contributed by atoms with Crippen molar-refractivity contribution in [1.29, 1.82) is 0 Å². The minimum Gasteiger partial charge on any atom is -0.364 e. The number of aromatic nitrogens is 5. The number of hydrogen-bond acceptors (Lipinski definition) is 5. The first kappa shape index (κ1) is 5.10. The highest BCUT2D eigenvalue weighted by atomic mass is 16.5. The van der Waals surface area contributed by atoms with Crippen molar-refractivity contribution in [2.24, 2.45) is 0 Å². The SMILES string of the molecule is c1cc(-c2nnn[nH]2)no1. The Bertz CT molecular complexity index is 253. The topological polar surface area (TPSA) is 80.5 Å². The third kappa shape index (κ3) is 0.661. The monoisotopic (exact) mass is 137 g/mol.